The molecule has 0 bridgehead atoms. The van der Waals surface area contributed by atoms with E-state index in [9.17, 15) is 13.2 Å². The molecule has 0 saturated carbocycles. The molecule has 1 aromatic rings. The highest BCUT2D eigenvalue weighted by Crippen LogP contribution is 2.23. The lowest BCUT2D eigenvalue weighted by molar-refractivity contribution is -0.0978. The van der Waals surface area contributed by atoms with Crippen molar-refractivity contribution in [1.82, 2.24) is 5.32 Å². The molecule has 1 amide bonds. The van der Waals surface area contributed by atoms with Crippen LogP contribution in [-0.4, -0.2) is 46.1 Å². The van der Waals surface area contributed by atoms with Crippen LogP contribution < -0.4 is 5.32 Å². The smallest absolute Gasteiger partial charge is 0.407 e. The number of hydrogen-bond donors (Lipinski definition) is 1. The van der Waals surface area contributed by atoms with E-state index in [4.69, 9.17) is 9.47 Å². The van der Waals surface area contributed by atoms with E-state index in [0.29, 0.717) is 13.2 Å². The summed E-state index contributed by atoms with van der Waals surface area (Å²) in [6, 6.07) is 6.87. The lowest BCUT2D eigenvalue weighted by Crippen LogP contribution is -2.41. The molecule has 1 aliphatic rings. The van der Waals surface area contributed by atoms with E-state index in [2.05, 4.69) is 26.1 Å². The van der Waals surface area contributed by atoms with Crippen LogP contribution in [0.15, 0.2) is 29.2 Å². The zero-order valence-electron chi connectivity index (χ0n) is 13.7. The van der Waals surface area contributed by atoms with Crippen molar-refractivity contribution in [3.63, 3.8) is 0 Å². The molecule has 1 aliphatic heterocycles. The number of hydrogen-bond acceptors (Lipinski definition) is 5. The van der Waals surface area contributed by atoms with Crippen molar-refractivity contribution >= 4 is 15.9 Å². The van der Waals surface area contributed by atoms with Crippen molar-refractivity contribution in [3.8, 4) is 0 Å². The highest BCUT2D eigenvalue weighted by Gasteiger charge is 2.23. The number of sulfone groups is 1. The summed E-state index contributed by atoms with van der Waals surface area (Å²) in [7, 11) is -3.43. The van der Waals surface area contributed by atoms with Crippen molar-refractivity contribution < 1.29 is 22.7 Å². The minimum absolute atomic E-state index is 0.00969. The SMILES string of the molecule is CC(C)(C)c1ccc(S(=O)(=O)CCNC(=O)OC2COC2)cc1. The maximum absolute atomic E-state index is 12.3. The number of carbonyl (C=O) groups excluding carboxylic acids is 1. The molecular weight excluding hydrogens is 318 g/mol. The van der Waals surface area contributed by atoms with Crippen LogP contribution in [-0.2, 0) is 24.7 Å². The highest BCUT2D eigenvalue weighted by atomic mass is 32.2. The number of amides is 1. The molecule has 1 N–H and O–H groups in total. The lowest BCUT2D eigenvalue weighted by Gasteiger charge is -2.25. The number of rotatable bonds is 5. The van der Waals surface area contributed by atoms with Gasteiger partial charge in [0.05, 0.1) is 23.9 Å². The molecule has 1 fully saturated rings. The minimum atomic E-state index is -3.43. The first-order valence-corrected chi connectivity index (χ1v) is 9.19. The molecular formula is C16H23NO5S. The number of nitrogens with one attached hydrogen (secondary N) is 1. The van der Waals surface area contributed by atoms with E-state index >= 15 is 0 Å². The lowest BCUT2D eigenvalue weighted by atomic mass is 9.87. The quantitative estimate of drug-likeness (QED) is 0.884. The molecule has 0 aromatic heterocycles. The van der Waals surface area contributed by atoms with E-state index in [-0.39, 0.29) is 28.7 Å². The van der Waals surface area contributed by atoms with Crippen LogP contribution in [0.4, 0.5) is 4.79 Å². The van der Waals surface area contributed by atoms with Gasteiger partial charge in [-0.15, -0.1) is 0 Å². The van der Waals surface area contributed by atoms with Gasteiger partial charge >= 0.3 is 6.09 Å². The third kappa shape index (κ3) is 4.94. The fraction of sp³-hybridized carbons (Fsp3) is 0.562. The second kappa shape index (κ2) is 6.88. The average molecular weight is 341 g/mol. The van der Waals surface area contributed by atoms with Gasteiger partial charge in [-0.05, 0) is 23.1 Å². The first-order chi connectivity index (χ1) is 10.7. The summed E-state index contributed by atoms with van der Waals surface area (Å²) in [5, 5.41) is 2.45. The summed E-state index contributed by atoms with van der Waals surface area (Å²) >= 11 is 0. The summed E-state index contributed by atoms with van der Waals surface area (Å²) in [6.45, 7) is 7.00. The third-order valence-electron chi connectivity index (χ3n) is 3.60. The first kappa shape index (κ1) is 17.7. The summed E-state index contributed by atoms with van der Waals surface area (Å²) in [5.41, 5.74) is 1.04. The Hall–Kier alpha value is -1.60. The van der Waals surface area contributed by atoms with Crippen molar-refractivity contribution in [3.05, 3.63) is 29.8 Å². The van der Waals surface area contributed by atoms with Gasteiger partial charge in [0.2, 0.25) is 0 Å². The first-order valence-electron chi connectivity index (χ1n) is 7.54. The summed E-state index contributed by atoms with van der Waals surface area (Å²) in [6.07, 6.45) is -0.840. The molecule has 0 radical (unpaired) electrons. The molecule has 7 heteroatoms. The van der Waals surface area contributed by atoms with Crippen molar-refractivity contribution in [2.45, 2.75) is 37.2 Å². The Balaban J connectivity index is 1.87. The van der Waals surface area contributed by atoms with E-state index in [0.717, 1.165) is 5.56 Å². The molecule has 2 rings (SSSR count). The second-order valence-electron chi connectivity index (χ2n) is 6.58. The van der Waals surface area contributed by atoms with E-state index < -0.39 is 15.9 Å². The second-order valence-corrected chi connectivity index (χ2v) is 8.69. The molecule has 1 aromatic carbocycles. The van der Waals surface area contributed by atoms with E-state index in [1.807, 2.05) is 12.1 Å². The van der Waals surface area contributed by atoms with Crippen LogP contribution in [0.2, 0.25) is 0 Å². The van der Waals surface area contributed by atoms with Crippen LogP contribution in [0.25, 0.3) is 0 Å². The van der Waals surface area contributed by atoms with Crippen molar-refractivity contribution in [1.29, 1.82) is 0 Å². The van der Waals surface area contributed by atoms with Gasteiger partial charge in [-0.3, -0.25) is 0 Å². The van der Waals surface area contributed by atoms with Crippen LogP contribution >= 0.6 is 0 Å². The maximum Gasteiger partial charge on any atom is 0.407 e. The molecule has 1 saturated heterocycles. The molecule has 0 unspecified atom stereocenters. The predicted octanol–water partition coefficient (Wildman–Crippen LogP) is 1.88. The topological polar surface area (TPSA) is 81.7 Å². The van der Waals surface area contributed by atoms with E-state index in [1.54, 1.807) is 12.1 Å². The fourth-order valence-corrected chi connectivity index (χ4v) is 3.20. The molecule has 0 atom stereocenters. The van der Waals surface area contributed by atoms with Gasteiger partial charge in [0.25, 0.3) is 0 Å². The van der Waals surface area contributed by atoms with Gasteiger partial charge in [0.15, 0.2) is 15.9 Å². The number of ether oxygens (including phenoxy) is 2. The van der Waals surface area contributed by atoms with Gasteiger partial charge in [-0.25, -0.2) is 13.2 Å². The zero-order chi connectivity index (χ0) is 17.1. The number of alkyl carbamates (subject to hydrolysis) is 1. The van der Waals surface area contributed by atoms with Gasteiger partial charge in [0.1, 0.15) is 0 Å². The van der Waals surface area contributed by atoms with Gasteiger partial charge in [-0.1, -0.05) is 32.9 Å². The van der Waals surface area contributed by atoms with Gasteiger partial charge < -0.3 is 14.8 Å². The molecule has 0 aliphatic carbocycles. The minimum Gasteiger partial charge on any atom is -0.441 e. The maximum atomic E-state index is 12.3. The molecule has 6 nitrogen and oxygen atoms in total. The summed E-state index contributed by atoms with van der Waals surface area (Å²) in [4.78, 5) is 11.7. The summed E-state index contributed by atoms with van der Waals surface area (Å²) < 4.78 is 34.4. The fourth-order valence-electron chi connectivity index (χ4n) is 2.04. The normalized spacial score (nSPS) is 15.8. The molecule has 1 heterocycles. The average Bonchev–Trinajstić information content (AvgIpc) is 2.42. The Labute approximate surface area is 137 Å². The highest BCUT2D eigenvalue weighted by molar-refractivity contribution is 7.91. The van der Waals surface area contributed by atoms with Crippen LogP contribution in [0, 0.1) is 0 Å². The molecule has 23 heavy (non-hydrogen) atoms. The number of carbonyl (C=O) groups is 1. The van der Waals surface area contributed by atoms with Gasteiger partial charge in [0, 0.05) is 6.54 Å². The summed E-state index contributed by atoms with van der Waals surface area (Å²) in [5.74, 6) is -0.169. The number of benzene rings is 1. The molecule has 0 spiro atoms. The molecule has 128 valence electrons. The van der Waals surface area contributed by atoms with Gasteiger partial charge in [-0.2, -0.15) is 0 Å². The van der Waals surface area contributed by atoms with Crippen LogP contribution in [0.3, 0.4) is 0 Å². The monoisotopic (exact) mass is 341 g/mol. The Morgan fingerprint density at radius 1 is 1.26 bits per heavy atom. The Morgan fingerprint density at radius 3 is 2.35 bits per heavy atom. The van der Waals surface area contributed by atoms with Crippen molar-refractivity contribution in [2.24, 2.45) is 0 Å². The third-order valence-corrected chi connectivity index (χ3v) is 5.33. The van der Waals surface area contributed by atoms with Crippen LogP contribution in [0.1, 0.15) is 26.3 Å². The largest absolute Gasteiger partial charge is 0.441 e. The van der Waals surface area contributed by atoms with Crippen molar-refractivity contribution in [2.75, 3.05) is 25.5 Å². The van der Waals surface area contributed by atoms with E-state index in [1.165, 1.54) is 0 Å². The standard InChI is InChI=1S/C16H23NO5S/c1-16(2,3)12-4-6-14(7-5-12)23(19,20)9-8-17-15(18)22-13-10-21-11-13/h4-7,13H,8-11H2,1-3H3,(H,17,18). The Morgan fingerprint density at radius 2 is 1.87 bits per heavy atom. The predicted molar refractivity (Wildman–Crippen MR) is 86.3 cm³/mol. The Kier molecular flexibility index (Phi) is 5.31. The van der Waals surface area contributed by atoms with Crippen LogP contribution in [0.5, 0.6) is 0 Å². The zero-order valence-corrected chi connectivity index (χ0v) is 14.5. The Bertz CT molecular complexity index is 642.